The van der Waals surface area contributed by atoms with Gasteiger partial charge in [0.1, 0.15) is 11.5 Å². The van der Waals surface area contributed by atoms with E-state index in [2.05, 4.69) is 48.9 Å². The Morgan fingerprint density at radius 3 is 2.11 bits per heavy atom. The summed E-state index contributed by atoms with van der Waals surface area (Å²) < 4.78 is 12.2. The summed E-state index contributed by atoms with van der Waals surface area (Å²) >= 11 is 3.49. The molecule has 0 unspecified atom stereocenters. The molecule has 0 aromatic heterocycles. The standard InChI is InChI=1S/C23H30BrNO3/c1-16(2)11-13-27-20-8-6-19(7-9-20)25-23(26)18-5-10-22(21(24)15-18)28-14-12-17(3)4/h5-10,15-17H,11-14H2,1-4H3,(H,25,26). The van der Waals surface area contributed by atoms with Gasteiger partial charge in [-0.15, -0.1) is 0 Å². The minimum Gasteiger partial charge on any atom is -0.494 e. The first-order chi connectivity index (χ1) is 13.3. The van der Waals surface area contributed by atoms with E-state index in [1.165, 1.54) is 0 Å². The molecule has 0 bridgehead atoms. The van der Waals surface area contributed by atoms with Crippen LogP contribution in [0.5, 0.6) is 11.5 Å². The van der Waals surface area contributed by atoms with Gasteiger partial charge in [0.15, 0.2) is 0 Å². The number of carbonyl (C=O) groups excluding carboxylic acids is 1. The van der Waals surface area contributed by atoms with Crippen LogP contribution in [0.1, 0.15) is 50.9 Å². The largest absolute Gasteiger partial charge is 0.494 e. The van der Waals surface area contributed by atoms with Gasteiger partial charge in [-0.2, -0.15) is 0 Å². The van der Waals surface area contributed by atoms with Gasteiger partial charge in [0, 0.05) is 11.3 Å². The lowest BCUT2D eigenvalue weighted by molar-refractivity contribution is 0.102. The van der Waals surface area contributed by atoms with Crippen LogP contribution in [-0.4, -0.2) is 19.1 Å². The average Bonchev–Trinajstić information content (AvgIpc) is 2.64. The van der Waals surface area contributed by atoms with Crippen molar-refractivity contribution < 1.29 is 14.3 Å². The number of hydrogen-bond donors (Lipinski definition) is 1. The lowest BCUT2D eigenvalue weighted by Gasteiger charge is -2.12. The predicted molar refractivity (Wildman–Crippen MR) is 118 cm³/mol. The summed E-state index contributed by atoms with van der Waals surface area (Å²) in [6.45, 7) is 10.0. The van der Waals surface area contributed by atoms with Crippen molar-refractivity contribution in [2.45, 2.75) is 40.5 Å². The molecule has 2 aromatic rings. The second-order valence-electron chi connectivity index (χ2n) is 7.69. The summed E-state index contributed by atoms with van der Waals surface area (Å²) in [7, 11) is 0. The Kier molecular flexibility index (Phi) is 8.84. The van der Waals surface area contributed by atoms with Crippen molar-refractivity contribution in [2.24, 2.45) is 11.8 Å². The number of anilines is 1. The highest BCUT2D eigenvalue weighted by atomic mass is 79.9. The average molecular weight is 448 g/mol. The first-order valence-corrected chi connectivity index (χ1v) is 10.6. The Morgan fingerprint density at radius 2 is 1.54 bits per heavy atom. The summed E-state index contributed by atoms with van der Waals surface area (Å²) in [5.74, 6) is 2.60. The van der Waals surface area contributed by atoms with Gasteiger partial charge in [-0.05, 0) is 83.1 Å². The van der Waals surface area contributed by atoms with E-state index in [0.29, 0.717) is 30.6 Å². The molecular formula is C23H30BrNO3. The molecule has 2 rings (SSSR count). The Morgan fingerprint density at radius 1 is 0.929 bits per heavy atom. The number of benzene rings is 2. The molecule has 0 atom stereocenters. The first-order valence-electron chi connectivity index (χ1n) is 9.81. The summed E-state index contributed by atoms with van der Waals surface area (Å²) in [6.07, 6.45) is 2.01. The molecule has 0 spiro atoms. The number of carbonyl (C=O) groups is 1. The molecule has 0 aliphatic heterocycles. The maximum atomic E-state index is 12.5. The van der Waals surface area contributed by atoms with Crippen molar-refractivity contribution in [2.75, 3.05) is 18.5 Å². The molecule has 152 valence electrons. The molecule has 1 N–H and O–H groups in total. The van der Waals surface area contributed by atoms with E-state index in [-0.39, 0.29) is 5.91 Å². The van der Waals surface area contributed by atoms with Crippen molar-refractivity contribution in [1.29, 1.82) is 0 Å². The molecule has 1 amide bonds. The number of halogens is 1. The van der Waals surface area contributed by atoms with Gasteiger partial charge in [0.05, 0.1) is 17.7 Å². The van der Waals surface area contributed by atoms with Gasteiger partial charge < -0.3 is 14.8 Å². The van der Waals surface area contributed by atoms with Crippen molar-refractivity contribution in [3.05, 3.63) is 52.5 Å². The van der Waals surface area contributed by atoms with E-state index in [0.717, 1.165) is 34.5 Å². The minimum absolute atomic E-state index is 0.164. The molecule has 0 fully saturated rings. The molecule has 0 saturated heterocycles. The van der Waals surface area contributed by atoms with Crippen molar-refractivity contribution in [3.63, 3.8) is 0 Å². The maximum Gasteiger partial charge on any atom is 0.255 e. The summed E-state index contributed by atoms with van der Waals surface area (Å²) in [5.41, 5.74) is 1.30. The fourth-order valence-corrected chi connectivity index (χ4v) is 2.91. The molecule has 0 aliphatic rings. The molecule has 0 saturated carbocycles. The van der Waals surface area contributed by atoms with Crippen LogP contribution in [-0.2, 0) is 0 Å². The molecular weight excluding hydrogens is 418 g/mol. The van der Waals surface area contributed by atoms with Crippen LogP contribution in [0.15, 0.2) is 46.9 Å². The molecule has 5 heteroatoms. The van der Waals surface area contributed by atoms with E-state index >= 15 is 0 Å². The molecule has 0 aliphatic carbocycles. The zero-order valence-corrected chi connectivity index (χ0v) is 18.7. The van der Waals surface area contributed by atoms with Crippen molar-refractivity contribution in [3.8, 4) is 11.5 Å². The van der Waals surface area contributed by atoms with Gasteiger partial charge in [0.2, 0.25) is 0 Å². The molecule has 4 nitrogen and oxygen atoms in total. The smallest absolute Gasteiger partial charge is 0.255 e. The van der Waals surface area contributed by atoms with Gasteiger partial charge in [-0.1, -0.05) is 27.7 Å². The Labute approximate surface area is 176 Å². The number of rotatable bonds is 10. The third-order valence-electron chi connectivity index (χ3n) is 4.22. The normalized spacial score (nSPS) is 11.0. The van der Waals surface area contributed by atoms with Crippen LogP contribution in [0.2, 0.25) is 0 Å². The van der Waals surface area contributed by atoms with Crippen LogP contribution in [0.25, 0.3) is 0 Å². The lowest BCUT2D eigenvalue weighted by atomic mass is 10.1. The fourth-order valence-electron chi connectivity index (χ4n) is 2.41. The predicted octanol–water partition coefficient (Wildman–Crippen LogP) is 6.55. The molecule has 28 heavy (non-hydrogen) atoms. The Hall–Kier alpha value is -2.01. The number of nitrogens with one attached hydrogen (secondary N) is 1. The van der Waals surface area contributed by atoms with E-state index in [1.807, 2.05) is 30.3 Å². The number of ether oxygens (including phenoxy) is 2. The Bertz CT molecular complexity index is 757. The molecule has 0 radical (unpaired) electrons. The third-order valence-corrected chi connectivity index (χ3v) is 4.84. The SMILES string of the molecule is CC(C)CCOc1ccc(NC(=O)c2ccc(OCCC(C)C)c(Br)c2)cc1. The summed E-state index contributed by atoms with van der Waals surface area (Å²) in [5, 5.41) is 2.91. The lowest BCUT2D eigenvalue weighted by Crippen LogP contribution is -2.12. The Balaban J connectivity index is 1.90. The highest BCUT2D eigenvalue weighted by Crippen LogP contribution is 2.27. The quantitative estimate of drug-likeness (QED) is 0.448. The summed E-state index contributed by atoms with van der Waals surface area (Å²) in [6, 6.07) is 12.8. The zero-order valence-electron chi connectivity index (χ0n) is 17.1. The van der Waals surface area contributed by atoms with Crippen LogP contribution >= 0.6 is 15.9 Å². The molecule has 2 aromatic carbocycles. The first kappa shape index (κ1) is 22.3. The van der Waals surface area contributed by atoms with Gasteiger partial charge in [0.25, 0.3) is 5.91 Å². The van der Waals surface area contributed by atoms with Crippen LogP contribution in [0.3, 0.4) is 0 Å². The van der Waals surface area contributed by atoms with Gasteiger partial charge >= 0.3 is 0 Å². The van der Waals surface area contributed by atoms with Crippen molar-refractivity contribution >= 4 is 27.5 Å². The van der Waals surface area contributed by atoms with E-state index < -0.39 is 0 Å². The van der Waals surface area contributed by atoms with E-state index in [1.54, 1.807) is 12.1 Å². The number of hydrogen-bond acceptors (Lipinski definition) is 3. The van der Waals surface area contributed by atoms with Crippen LogP contribution in [0.4, 0.5) is 5.69 Å². The monoisotopic (exact) mass is 447 g/mol. The van der Waals surface area contributed by atoms with Gasteiger partial charge in [-0.25, -0.2) is 0 Å². The zero-order chi connectivity index (χ0) is 20.5. The van der Waals surface area contributed by atoms with Gasteiger partial charge in [-0.3, -0.25) is 4.79 Å². The van der Waals surface area contributed by atoms with Crippen LogP contribution in [0, 0.1) is 11.8 Å². The third kappa shape index (κ3) is 7.55. The minimum atomic E-state index is -0.164. The van der Waals surface area contributed by atoms with Crippen molar-refractivity contribution in [1.82, 2.24) is 0 Å². The molecule has 0 heterocycles. The van der Waals surface area contributed by atoms with E-state index in [4.69, 9.17) is 9.47 Å². The fraction of sp³-hybridized carbons (Fsp3) is 0.435. The number of amides is 1. The second-order valence-corrected chi connectivity index (χ2v) is 8.54. The maximum absolute atomic E-state index is 12.5. The van der Waals surface area contributed by atoms with Crippen LogP contribution < -0.4 is 14.8 Å². The van der Waals surface area contributed by atoms with E-state index in [9.17, 15) is 4.79 Å². The summed E-state index contributed by atoms with van der Waals surface area (Å²) in [4.78, 5) is 12.5. The topological polar surface area (TPSA) is 47.6 Å². The second kappa shape index (κ2) is 11.1. The highest BCUT2D eigenvalue weighted by Gasteiger charge is 2.10. The highest BCUT2D eigenvalue weighted by molar-refractivity contribution is 9.10.